The largest absolute Gasteiger partial charge is 0.372 e. The normalized spacial score (nSPS) is 25.0. The van der Waals surface area contributed by atoms with E-state index in [0.717, 1.165) is 49.6 Å². The van der Waals surface area contributed by atoms with Crippen molar-refractivity contribution in [1.82, 2.24) is 15.3 Å². The number of hydrogen-bond acceptors (Lipinski definition) is 5. The molecule has 2 aromatic rings. The van der Waals surface area contributed by atoms with Gasteiger partial charge in [-0.05, 0) is 44.1 Å². The molecule has 6 nitrogen and oxygen atoms in total. The lowest BCUT2D eigenvalue weighted by atomic mass is 9.74. The second-order valence-electron chi connectivity index (χ2n) is 9.89. The van der Waals surface area contributed by atoms with Gasteiger partial charge in [-0.3, -0.25) is 4.79 Å². The molecule has 0 bridgehead atoms. The van der Waals surface area contributed by atoms with Crippen molar-refractivity contribution < 1.29 is 9.53 Å². The van der Waals surface area contributed by atoms with Gasteiger partial charge in [0.05, 0.1) is 23.9 Å². The number of amides is 1. The van der Waals surface area contributed by atoms with Crippen molar-refractivity contribution in [1.29, 1.82) is 0 Å². The summed E-state index contributed by atoms with van der Waals surface area (Å²) in [7, 11) is 0. The molecule has 31 heavy (non-hydrogen) atoms. The van der Waals surface area contributed by atoms with Crippen molar-refractivity contribution in [2.24, 2.45) is 5.41 Å². The molecule has 1 aromatic heterocycles. The van der Waals surface area contributed by atoms with Crippen LogP contribution in [-0.2, 0) is 22.4 Å². The summed E-state index contributed by atoms with van der Waals surface area (Å²) in [5, 5.41) is 3.26. The zero-order valence-electron chi connectivity index (χ0n) is 19.1. The van der Waals surface area contributed by atoms with Crippen LogP contribution in [0.3, 0.4) is 0 Å². The average molecular weight is 423 g/mol. The highest BCUT2D eigenvalue weighted by molar-refractivity contribution is 5.76. The first-order valence-electron chi connectivity index (χ1n) is 11.4. The predicted molar refractivity (Wildman–Crippen MR) is 122 cm³/mol. The topological polar surface area (TPSA) is 67.4 Å². The van der Waals surface area contributed by atoms with Gasteiger partial charge < -0.3 is 15.0 Å². The molecule has 1 N–H and O–H groups in total. The molecular formula is C25H34N4O2. The molecule has 1 fully saturated rings. The number of morpholine rings is 1. The van der Waals surface area contributed by atoms with Gasteiger partial charge in [0.25, 0.3) is 0 Å². The molecule has 1 aliphatic heterocycles. The molecule has 4 rings (SSSR count). The third kappa shape index (κ3) is 5.42. The van der Waals surface area contributed by atoms with E-state index in [1.807, 2.05) is 24.4 Å². The maximum atomic E-state index is 12.7. The number of nitrogens with one attached hydrogen (secondary N) is 1. The third-order valence-corrected chi connectivity index (χ3v) is 6.19. The van der Waals surface area contributed by atoms with Crippen LogP contribution in [0.25, 0.3) is 0 Å². The fraction of sp³-hybridized carbons (Fsp3) is 0.560. The molecule has 166 valence electrons. The van der Waals surface area contributed by atoms with Crippen LogP contribution in [0.15, 0.2) is 36.5 Å². The maximum absolute atomic E-state index is 12.7. The predicted octanol–water partition coefficient (Wildman–Crippen LogP) is 3.85. The van der Waals surface area contributed by atoms with Gasteiger partial charge in [-0.15, -0.1) is 0 Å². The van der Waals surface area contributed by atoms with Crippen molar-refractivity contribution in [3.63, 3.8) is 0 Å². The number of hydrogen-bond donors (Lipinski definition) is 1. The zero-order valence-corrected chi connectivity index (χ0v) is 19.1. The third-order valence-electron chi connectivity index (χ3n) is 6.19. The molecule has 1 amide bonds. The maximum Gasteiger partial charge on any atom is 0.225 e. The summed E-state index contributed by atoms with van der Waals surface area (Å²) in [6.45, 7) is 10.3. The Morgan fingerprint density at radius 1 is 1.19 bits per heavy atom. The van der Waals surface area contributed by atoms with Gasteiger partial charge in [0, 0.05) is 31.3 Å². The Morgan fingerprint density at radius 2 is 1.90 bits per heavy atom. The Morgan fingerprint density at radius 3 is 2.61 bits per heavy atom. The summed E-state index contributed by atoms with van der Waals surface area (Å²) in [4.78, 5) is 24.6. The van der Waals surface area contributed by atoms with Gasteiger partial charge >= 0.3 is 0 Å². The van der Waals surface area contributed by atoms with Crippen molar-refractivity contribution in [2.45, 2.75) is 71.6 Å². The standard InChI is InChI=1S/C25H34N4O2/c1-17-15-29(16-18(2)31-17)24-26-14-20-21(12-25(3,4)13-22(20)28-24)27-23(30)11-10-19-8-6-5-7-9-19/h5-9,14,17-18,21H,10-13,15-16H2,1-4H3,(H,27,30). The molecule has 1 aromatic carbocycles. The second kappa shape index (κ2) is 8.95. The van der Waals surface area contributed by atoms with Crippen molar-refractivity contribution in [3.8, 4) is 0 Å². The Labute approximate surface area is 185 Å². The van der Waals surface area contributed by atoms with Crippen molar-refractivity contribution >= 4 is 11.9 Å². The SMILES string of the molecule is CC1CN(c2ncc3c(n2)CC(C)(C)CC3NC(=O)CCc2ccccc2)CC(C)O1. The minimum atomic E-state index is -0.0430. The van der Waals surface area contributed by atoms with Gasteiger partial charge in [0.2, 0.25) is 11.9 Å². The first kappa shape index (κ1) is 21.8. The van der Waals surface area contributed by atoms with Crippen molar-refractivity contribution in [2.75, 3.05) is 18.0 Å². The molecule has 3 atom stereocenters. The molecule has 3 unspecified atom stereocenters. The van der Waals surface area contributed by atoms with E-state index >= 15 is 0 Å². The zero-order chi connectivity index (χ0) is 22.0. The number of aromatic nitrogens is 2. The van der Waals surface area contributed by atoms with Gasteiger partial charge in [-0.25, -0.2) is 9.97 Å². The molecule has 2 aliphatic rings. The summed E-state index contributed by atoms with van der Waals surface area (Å²) < 4.78 is 5.85. The molecule has 1 saturated heterocycles. The lowest BCUT2D eigenvalue weighted by Gasteiger charge is -2.38. The lowest BCUT2D eigenvalue weighted by Crippen LogP contribution is -2.46. The lowest BCUT2D eigenvalue weighted by molar-refractivity contribution is -0.122. The smallest absolute Gasteiger partial charge is 0.225 e. The minimum Gasteiger partial charge on any atom is -0.372 e. The van der Waals surface area contributed by atoms with E-state index in [2.05, 4.69) is 50.0 Å². The fourth-order valence-corrected chi connectivity index (χ4v) is 4.83. The molecule has 1 aliphatic carbocycles. The quantitative estimate of drug-likeness (QED) is 0.793. The minimum absolute atomic E-state index is 0.0430. The van der Waals surface area contributed by atoms with Crippen LogP contribution in [0, 0.1) is 5.41 Å². The first-order valence-corrected chi connectivity index (χ1v) is 11.4. The van der Waals surface area contributed by atoms with E-state index in [0.29, 0.717) is 6.42 Å². The highest BCUT2D eigenvalue weighted by Crippen LogP contribution is 2.40. The van der Waals surface area contributed by atoms with Crippen LogP contribution in [0.4, 0.5) is 5.95 Å². The number of ether oxygens (including phenoxy) is 1. The van der Waals surface area contributed by atoms with E-state index in [-0.39, 0.29) is 29.6 Å². The summed E-state index contributed by atoms with van der Waals surface area (Å²) in [5.74, 6) is 0.852. The first-order chi connectivity index (χ1) is 14.8. The molecule has 0 radical (unpaired) electrons. The second-order valence-corrected chi connectivity index (χ2v) is 9.89. The van der Waals surface area contributed by atoms with Gasteiger partial charge in [-0.1, -0.05) is 44.2 Å². The highest BCUT2D eigenvalue weighted by atomic mass is 16.5. The van der Waals surface area contributed by atoms with Crippen LogP contribution in [0.5, 0.6) is 0 Å². The van der Waals surface area contributed by atoms with E-state index in [9.17, 15) is 4.79 Å². The summed E-state index contributed by atoms with van der Waals surface area (Å²) in [5.41, 5.74) is 3.37. The molecule has 2 heterocycles. The highest BCUT2D eigenvalue weighted by Gasteiger charge is 2.35. The Hall–Kier alpha value is -2.47. The Bertz CT molecular complexity index is 905. The van der Waals surface area contributed by atoms with Crippen LogP contribution in [0.1, 0.15) is 63.4 Å². The van der Waals surface area contributed by atoms with Crippen LogP contribution < -0.4 is 10.2 Å². The fourth-order valence-electron chi connectivity index (χ4n) is 4.83. The van der Waals surface area contributed by atoms with Crippen LogP contribution >= 0.6 is 0 Å². The number of carbonyl (C=O) groups excluding carboxylic acids is 1. The Kier molecular flexibility index (Phi) is 6.28. The molecule has 0 spiro atoms. The monoisotopic (exact) mass is 422 g/mol. The summed E-state index contributed by atoms with van der Waals surface area (Å²) in [6.07, 6.45) is 5.28. The molecular weight excluding hydrogens is 388 g/mol. The Balaban J connectivity index is 1.48. The number of benzene rings is 1. The number of carbonyl (C=O) groups is 1. The van der Waals surface area contributed by atoms with E-state index < -0.39 is 0 Å². The van der Waals surface area contributed by atoms with E-state index in [4.69, 9.17) is 14.7 Å². The summed E-state index contributed by atoms with van der Waals surface area (Å²) >= 11 is 0. The average Bonchev–Trinajstić information content (AvgIpc) is 2.71. The van der Waals surface area contributed by atoms with Gasteiger partial charge in [-0.2, -0.15) is 0 Å². The van der Waals surface area contributed by atoms with Gasteiger partial charge in [0.1, 0.15) is 0 Å². The van der Waals surface area contributed by atoms with E-state index in [1.54, 1.807) is 0 Å². The number of nitrogens with zero attached hydrogens (tertiary/aromatic N) is 3. The summed E-state index contributed by atoms with van der Waals surface area (Å²) in [6, 6.07) is 10.1. The van der Waals surface area contributed by atoms with E-state index in [1.165, 1.54) is 5.56 Å². The van der Waals surface area contributed by atoms with Crippen LogP contribution in [0.2, 0.25) is 0 Å². The molecule has 0 saturated carbocycles. The number of anilines is 1. The van der Waals surface area contributed by atoms with Crippen LogP contribution in [-0.4, -0.2) is 41.2 Å². The van der Waals surface area contributed by atoms with Crippen molar-refractivity contribution in [3.05, 3.63) is 53.3 Å². The number of aryl methyl sites for hydroxylation is 1. The van der Waals surface area contributed by atoms with Gasteiger partial charge in [0.15, 0.2) is 0 Å². The number of rotatable bonds is 5. The number of fused-ring (bicyclic) bond motifs is 1. The molecule has 6 heteroatoms.